The van der Waals surface area contributed by atoms with Crippen molar-refractivity contribution in [1.82, 2.24) is 0 Å². The van der Waals surface area contributed by atoms with Gasteiger partial charge >= 0.3 is 0 Å². The van der Waals surface area contributed by atoms with Crippen molar-refractivity contribution >= 4 is 0 Å². The fourth-order valence-electron chi connectivity index (χ4n) is 1.21. The average molecular weight is 180 g/mol. The summed E-state index contributed by atoms with van der Waals surface area (Å²) < 4.78 is 5.07. The van der Waals surface area contributed by atoms with Gasteiger partial charge in [0.25, 0.3) is 0 Å². The first-order valence-electron chi connectivity index (χ1n) is 4.47. The molecule has 0 saturated heterocycles. The molecule has 0 aliphatic heterocycles. The molecule has 0 fully saturated rings. The summed E-state index contributed by atoms with van der Waals surface area (Å²) in [5.74, 6) is 1.02. The van der Waals surface area contributed by atoms with E-state index in [1.54, 1.807) is 7.11 Å². The van der Waals surface area contributed by atoms with E-state index in [2.05, 4.69) is 0 Å². The van der Waals surface area contributed by atoms with Crippen LogP contribution >= 0.6 is 0 Å². The van der Waals surface area contributed by atoms with Crippen molar-refractivity contribution in [1.29, 1.82) is 0 Å². The lowest BCUT2D eigenvalue weighted by Gasteiger charge is -2.15. The van der Waals surface area contributed by atoms with Crippen molar-refractivity contribution in [3.63, 3.8) is 0 Å². The molecule has 0 bridgehead atoms. The SMILES string of the molecule is COc1cccc(C(O)C(C)C)c1. The molecule has 72 valence electrons. The Morgan fingerprint density at radius 2 is 2.00 bits per heavy atom. The fourth-order valence-corrected chi connectivity index (χ4v) is 1.21. The Balaban J connectivity index is 2.88. The Morgan fingerprint density at radius 1 is 1.31 bits per heavy atom. The van der Waals surface area contributed by atoms with Crippen LogP contribution in [0.15, 0.2) is 24.3 Å². The van der Waals surface area contributed by atoms with Crippen LogP contribution in [-0.4, -0.2) is 12.2 Å². The third-order valence-corrected chi connectivity index (χ3v) is 2.07. The van der Waals surface area contributed by atoms with Crippen LogP contribution in [0.25, 0.3) is 0 Å². The molecule has 13 heavy (non-hydrogen) atoms. The van der Waals surface area contributed by atoms with E-state index < -0.39 is 6.10 Å². The highest BCUT2D eigenvalue weighted by Gasteiger charge is 2.11. The van der Waals surface area contributed by atoms with E-state index in [9.17, 15) is 5.11 Å². The number of aliphatic hydroxyl groups excluding tert-OH is 1. The zero-order valence-corrected chi connectivity index (χ0v) is 8.32. The number of hydrogen-bond acceptors (Lipinski definition) is 2. The first-order valence-corrected chi connectivity index (χ1v) is 4.47. The highest BCUT2D eigenvalue weighted by atomic mass is 16.5. The Labute approximate surface area is 79.2 Å². The first kappa shape index (κ1) is 10.1. The topological polar surface area (TPSA) is 29.5 Å². The molecule has 0 aliphatic rings. The van der Waals surface area contributed by atoms with Crippen molar-refractivity contribution in [3.8, 4) is 5.75 Å². The van der Waals surface area contributed by atoms with Gasteiger partial charge in [0.05, 0.1) is 13.2 Å². The summed E-state index contributed by atoms with van der Waals surface area (Å²) in [5.41, 5.74) is 0.911. The fraction of sp³-hybridized carbons (Fsp3) is 0.455. The Kier molecular flexibility index (Phi) is 3.32. The minimum Gasteiger partial charge on any atom is -0.497 e. The monoisotopic (exact) mass is 180 g/mol. The van der Waals surface area contributed by atoms with E-state index in [4.69, 9.17) is 4.74 Å². The third-order valence-electron chi connectivity index (χ3n) is 2.07. The summed E-state index contributed by atoms with van der Waals surface area (Å²) in [6.45, 7) is 3.98. The Morgan fingerprint density at radius 3 is 2.54 bits per heavy atom. The van der Waals surface area contributed by atoms with Gasteiger partial charge in [0.2, 0.25) is 0 Å². The number of hydrogen-bond donors (Lipinski definition) is 1. The van der Waals surface area contributed by atoms with Crippen LogP contribution in [0, 0.1) is 5.92 Å². The number of ether oxygens (including phenoxy) is 1. The molecule has 1 aromatic rings. The third kappa shape index (κ3) is 2.46. The van der Waals surface area contributed by atoms with Crippen LogP contribution in [0.2, 0.25) is 0 Å². The normalized spacial score (nSPS) is 13.0. The summed E-state index contributed by atoms with van der Waals surface area (Å²) in [5, 5.41) is 9.76. The maximum atomic E-state index is 9.76. The number of methoxy groups -OCH3 is 1. The van der Waals surface area contributed by atoms with Gasteiger partial charge in [0.1, 0.15) is 5.75 Å². The maximum Gasteiger partial charge on any atom is 0.119 e. The van der Waals surface area contributed by atoms with Crippen molar-refractivity contribution in [2.75, 3.05) is 7.11 Å². The number of rotatable bonds is 3. The first-order chi connectivity index (χ1) is 6.15. The van der Waals surface area contributed by atoms with Gasteiger partial charge in [-0.05, 0) is 23.6 Å². The summed E-state index contributed by atoms with van der Waals surface area (Å²) >= 11 is 0. The highest BCUT2D eigenvalue weighted by molar-refractivity contribution is 5.29. The van der Waals surface area contributed by atoms with Gasteiger partial charge in [0, 0.05) is 0 Å². The standard InChI is InChI=1S/C11H16O2/c1-8(2)11(12)9-5-4-6-10(7-9)13-3/h4-8,11-12H,1-3H3. The van der Waals surface area contributed by atoms with Crippen molar-refractivity contribution in [2.45, 2.75) is 20.0 Å². The molecule has 0 radical (unpaired) electrons. The molecule has 0 spiro atoms. The molecule has 2 heteroatoms. The zero-order valence-electron chi connectivity index (χ0n) is 8.32. The predicted molar refractivity (Wildman–Crippen MR) is 52.8 cm³/mol. The Bertz CT molecular complexity index is 269. The second-order valence-corrected chi connectivity index (χ2v) is 3.47. The van der Waals surface area contributed by atoms with Crippen LogP contribution in [0.5, 0.6) is 5.75 Å². The molecule has 0 saturated carbocycles. The lowest BCUT2D eigenvalue weighted by atomic mass is 9.99. The van der Waals surface area contributed by atoms with E-state index >= 15 is 0 Å². The maximum absolute atomic E-state index is 9.76. The molecule has 0 amide bonds. The predicted octanol–water partition coefficient (Wildman–Crippen LogP) is 2.38. The highest BCUT2D eigenvalue weighted by Crippen LogP contribution is 2.24. The molecule has 1 unspecified atom stereocenters. The van der Waals surface area contributed by atoms with Crippen LogP contribution in [-0.2, 0) is 0 Å². The van der Waals surface area contributed by atoms with Gasteiger partial charge < -0.3 is 9.84 Å². The molecule has 1 atom stereocenters. The van der Waals surface area contributed by atoms with Gasteiger partial charge in [-0.15, -0.1) is 0 Å². The minimum atomic E-state index is -0.407. The molecule has 1 N–H and O–H groups in total. The van der Waals surface area contributed by atoms with Gasteiger partial charge in [0.15, 0.2) is 0 Å². The lowest BCUT2D eigenvalue weighted by Crippen LogP contribution is -2.05. The average Bonchev–Trinajstić information content (AvgIpc) is 2.16. The Hall–Kier alpha value is -1.02. The van der Waals surface area contributed by atoms with E-state index in [1.807, 2.05) is 38.1 Å². The van der Waals surface area contributed by atoms with Gasteiger partial charge in [-0.1, -0.05) is 26.0 Å². The second-order valence-electron chi connectivity index (χ2n) is 3.47. The molecule has 0 aliphatic carbocycles. The van der Waals surface area contributed by atoms with Crippen LogP contribution < -0.4 is 4.74 Å². The van der Waals surface area contributed by atoms with E-state index in [0.29, 0.717) is 0 Å². The van der Waals surface area contributed by atoms with Crippen LogP contribution in [0.4, 0.5) is 0 Å². The second kappa shape index (κ2) is 4.28. The smallest absolute Gasteiger partial charge is 0.119 e. The van der Waals surface area contributed by atoms with Crippen LogP contribution in [0.3, 0.4) is 0 Å². The summed E-state index contributed by atoms with van der Waals surface area (Å²) in [6, 6.07) is 7.54. The van der Waals surface area contributed by atoms with Crippen molar-refractivity contribution in [3.05, 3.63) is 29.8 Å². The lowest BCUT2D eigenvalue weighted by molar-refractivity contribution is 0.126. The van der Waals surface area contributed by atoms with E-state index in [1.165, 1.54) is 0 Å². The van der Waals surface area contributed by atoms with E-state index in [0.717, 1.165) is 11.3 Å². The zero-order chi connectivity index (χ0) is 9.84. The summed E-state index contributed by atoms with van der Waals surface area (Å²) in [4.78, 5) is 0. The van der Waals surface area contributed by atoms with Crippen LogP contribution in [0.1, 0.15) is 25.5 Å². The summed E-state index contributed by atoms with van der Waals surface area (Å²) in [7, 11) is 1.63. The van der Waals surface area contributed by atoms with Crippen molar-refractivity contribution in [2.24, 2.45) is 5.92 Å². The molecule has 1 aromatic carbocycles. The quantitative estimate of drug-likeness (QED) is 0.773. The van der Waals surface area contributed by atoms with Gasteiger partial charge in [-0.3, -0.25) is 0 Å². The molecule has 2 nitrogen and oxygen atoms in total. The molecule has 1 rings (SSSR count). The number of benzene rings is 1. The molecular weight excluding hydrogens is 164 g/mol. The van der Waals surface area contributed by atoms with E-state index in [-0.39, 0.29) is 5.92 Å². The number of aliphatic hydroxyl groups is 1. The van der Waals surface area contributed by atoms with Gasteiger partial charge in [-0.25, -0.2) is 0 Å². The molecular formula is C11H16O2. The molecule has 0 heterocycles. The van der Waals surface area contributed by atoms with Gasteiger partial charge in [-0.2, -0.15) is 0 Å². The minimum absolute atomic E-state index is 0.229. The molecule has 0 aromatic heterocycles. The van der Waals surface area contributed by atoms with Crippen molar-refractivity contribution < 1.29 is 9.84 Å². The largest absolute Gasteiger partial charge is 0.497 e. The summed E-state index contributed by atoms with van der Waals surface area (Å²) in [6.07, 6.45) is -0.407.